The van der Waals surface area contributed by atoms with Crippen LogP contribution < -0.4 is 15.8 Å². The van der Waals surface area contributed by atoms with Crippen molar-refractivity contribution >= 4 is 17.6 Å². The molecule has 1 aromatic rings. The lowest BCUT2D eigenvalue weighted by atomic mass is 9.90. The van der Waals surface area contributed by atoms with Gasteiger partial charge in [-0.2, -0.15) is 0 Å². The third-order valence-corrected chi connectivity index (χ3v) is 3.30. The second kappa shape index (κ2) is 6.25. The molecule has 0 radical (unpaired) electrons. The molecule has 1 unspecified atom stereocenters. The summed E-state index contributed by atoms with van der Waals surface area (Å²) in [5, 5.41) is 14.3. The largest absolute Gasteiger partial charge is 0.481 e. The highest BCUT2D eigenvalue weighted by Crippen LogP contribution is 2.26. The van der Waals surface area contributed by atoms with Gasteiger partial charge in [-0.25, -0.2) is 4.79 Å². The van der Waals surface area contributed by atoms with Crippen molar-refractivity contribution in [2.45, 2.75) is 32.3 Å². The van der Waals surface area contributed by atoms with Crippen LogP contribution in [0.4, 0.5) is 4.79 Å². The minimum Gasteiger partial charge on any atom is -0.481 e. The number of ether oxygens (including phenoxy) is 1. The molecule has 0 saturated carbocycles. The number of imide groups is 1. The maximum atomic E-state index is 11.6. The minimum atomic E-state index is -0.921. The maximum Gasteiger partial charge on any atom is 0.318 e. The Hall–Kier alpha value is -2.57. The number of benzene rings is 1. The van der Waals surface area contributed by atoms with Gasteiger partial charge in [-0.05, 0) is 43.9 Å². The number of amides is 3. The van der Waals surface area contributed by atoms with E-state index in [4.69, 9.17) is 15.7 Å². The van der Waals surface area contributed by atoms with Gasteiger partial charge in [0.25, 0.3) is 5.91 Å². The summed E-state index contributed by atoms with van der Waals surface area (Å²) in [7, 11) is 0. The highest BCUT2D eigenvalue weighted by molar-refractivity contribution is 6.02. The first-order valence-corrected chi connectivity index (χ1v) is 6.62. The number of nitrogens with two attached hydrogens (primary N) is 1. The summed E-state index contributed by atoms with van der Waals surface area (Å²) in [6, 6.07) is 4.44. The topological polar surface area (TPSA) is 114 Å². The Kier molecular flexibility index (Phi) is 4.42. The van der Waals surface area contributed by atoms with Crippen LogP contribution in [0.1, 0.15) is 30.9 Å². The van der Waals surface area contributed by atoms with E-state index in [2.05, 4.69) is 5.16 Å². The first-order chi connectivity index (χ1) is 10.0. The van der Waals surface area contributed by atoms with E-state index in [1.807, 2.05) is 11.4 Å². The SMILES string of the molecule is CC(Oc1ccc2c(c1)/C(=N\O)CCC2)C(=O)NC(N)=O. The number of primary amides is 1. The summed E-state index contributed by atoms with van der Waals surface area (Å²) < 4.78 is 5.48. The molecule has 2 rings (SSSR count). The average Bonchev–Trinajstić information content (AvgIpc) is 2.45. The van der Waals surface area contributed by atoms with Gasteiger partial charge in [0.2, 0.25) is 0 Å². The number of carbonyl (C=O) groups excluding carboxylic acids is 2. The Bertz CT molecular complexity index is 598. The van der Waals surface area contributed by atoms with Crippen LogP contribution in [0.2, 0.25) is 0 Å². The van der Waals surface area contributed by atoms with Crippen LogP contribution in [0.25, 0.3) is 0 Å². The van der Waals surface area contributed by atoms with E-state index in [9.17, 15) is 9.59 Å². The molecule has 0 spiro atoms. The maximum absolute atomic E-state index is 11.6. The van der Waals surface area contributed by atoms with Crippen LogP contribution in [-0.4, -0.2) is 29.0 Å². The van der Waals surface area contributed by atoms with Crippen molar-refractivity contribution in [2.75, 3.05) is 0 Å². The van der Waals surface area contributed by atoms with Gasteiger partial charge in [0.05, 0.1) is 5.71 Å². The Morgan fingerprint density at radius 3 is 2.86 bits per heavy atom. The van der Waals surface area contributed by atoms with Gasteiger partial charge < -0.3 is 15.7 Å². The fourth-order valence-corrected chi connectivity index (χ4v) is 2.28. The first kappa shape index (κ1) is 14.8. The van der Waals surface area contributed by atoms with Crippen molar-refractivity contribution in [3.63, 3.8) is 0 Å². The van der Waals surface area contributed by atoms with Crippen LogP contribution in [-0.2, 0) is 11.2 Å². The van der Waals surface area contributed by atoms with Crippen molar-refractivity contribution in [1.29, 1.82) is 0 Å². The highest BCUT2D eigenvalue weighted by Gasteiger charge is 2.19. The second-order valence-electron chi connectivity index (χ2n) is 4.83. The van der Waals surface area contributed by atoms with Gasteiger partial charge in [0, 0.05) is 5.56 Å². The molecule has 0 heterocycles. The molecule has 21 heavy (non-hydrogen) atoms. The number of aryl methyl sites for hydroxylation is 1. The third-order valence-electron chi connectivity index (χ3n) is 3.30. The summed E-state index contributed by atoms with van der Waals surface area (Å²) in [6.45, 7) is 1.51. The summed E-state index contributed by atoms with van der Waals surface area (Å²) >= 11 is 0. The van der Waals surface area contributed by atoms with Crippen molar-refractivity contribution in [3.8, 4) is 5.75 Å². The van der Waals surface area contributed by atoms with Crippen molar-refractivity contribution in [1.82, 2.24) is 5.32 Å². The van der Waals surface area contributed by atoms with E-state index < -0.39 is 18.0 Å². The molecular weight excluding hydrogens is 274 g/mol. The van der Waals surface area contributed by atoms with Crippen molar-refractivity contribution in [2.24, 2.45) is 10.9 Å². The molecular formula is C14H17N3O4. The Balaban J connectivity index is 2.15. The quantitative estimate of drug-likeness (QED) is 0.572. The fraction of sp³-hybridized carbons (Fsp3) is 0.357. The van der Waals surface area contributed by atoms with Crippen LogP contribution in [0.3, 0.4) is 0 Å². The highest BCUT2D eigenvalue weighted by atomic mass is 16.5. The zero-order valence-corrected chi connectivity index (χ0v) is 11.6. The van der Waals surface area contributed by atoms with E-state index in [0.717, 1.165) is 24.0 Å². The third kappa shape index (κ3) is 3.50. The van der Waals surface area contributed by atoms with Gasteiger partial charge >= 0.3 is 6.03 Å². The summed E-state index contributed by atoms with van der Waals surface area (Å²) in [4.78, 5) is 22.2. The molecule has 7 nitrogen and oxygen atoms in total. The second-order valence-corrected chi connectivity index (χ2v) is 4.83. The van der Waals surface area contributed by atoms with Gasteiger partial charge in [-0.3, -0.25) is 10.1 Å². The van der Waals surface area contributed by atoms with Gasteiger partial charge in [-0.15, -0.1) is 0 Å². The van der Waals surface area contributed by atoms with Crippen LogP contribution in [0, 0.1) is 0 Å². The van der Waals surface area contributed by atoms with E-state index in [1.54, 1.807) is 12.1 Å². The van der Waals surface area contributed by atoms with Gasteiger partial charge in [-0.1, -0.05) is 11.2 Å². The molecule has 112 valence electrons. The molecule has 0 fully saturated rings. The number of carbonyl (C=O) groups is 2. The number of oxime groups is 1. The summed E-state index contributed by atoms with van der Waals surface area (Å²) in [6.07, 6.45) is 1.68. The molecule has 0 aliphatic heterocycles. The molecule has 1 aliphatic rings. The standard InChI is InChI=1S/C14H17N3O4/c1-8(13(18)16-14(15)19)21-10-6-5-9-3-2-4-12(17-20)11(9)7-10/h5-8,20H,2-4H2,1H3,(H3,15,16,18,19)/b17-12-. The Morgan fingerprint density at radius 1 is 1.43 bits per heavy atom. The number of hydrogen-bond acceptors (Lipinski definition) is 5. The smallest absolute Gasteiger partial charge is 0.318 e. The molecule has 0 saturated heterocycles. The molecule has 3 amide bonds. The molecule has 1 aliphatic carbocycles. The summed E-state index contributed by atoms with van der Waals surface area (Å²) in [5.74, 6) is -0.153. The zero-order valence-electron chi connectivity index (χ0n) is 11.6. The molecule has 1 atom stereocenters. The molecule has 0 bridgehead atoms. The average molecular weight is 291 g/mol. The van der Waals surface area contributed by atoms with Gasteiger partial charge in [0.1, 0.15) is 5.75 Å². The zero-order chi connectivity index (χ0) is 15.4. The van der Waals surface area contributed by atoms with Gasteiger partial charge in [0.15, 0.2) is 6.10 Å². The number of nitrogens with one attached hydrogen (secondary N) is 1. The van der Waals surface area contributed by atoms with Crippen LogP contribution >= 0.6 is 0 Å². The Morgan fingerprint density at radius 2 is 2.19 bits per heavy atom. The number of hydrogen-bond donors (Lipinski definition) is 3. The van der Waals surface area contributed by atoms with Crippen LogP contribution in [0.15, 0.2) is 23.4 Å². The molecule has 7 heteroatoms. The molecule has 1 aromatic carbocycles. The number of rotatable bonds is 3. The lowest BCUT2D eigenvalue weighted by Gasteiger charge is -2.19. The van der Waals surface area contributed by atoms with Crippen molar-refractivity contribution < 1.29 is 19.5 Å². The van der Waals surface area contributed by atoms with E-state index in [-0.39, 0.29) is 0 Å². The van der Waals surface area contributed by atoms with Crippen molar-refractivity contribution in [3.05, 3.63) is 29.3 Å². The first-order valence-electron chi connectivity index (χ1n) is 6.62. The number of urea groups is 1. The molecule has 0 aromatic heterocycles. The van der Waals surface area contributed by atoms with E-state index >= 15 is 0 Å². The van der Waals surface area contributed by atoms with Crippen LogP contribution in [0.5, 0.6) is 5.75 Å². The lowest BCUT2D eigenvalue weighted by Crippen LogP contribution is -2.42. The minimum absolute atomic E-state index is 0.462. The predicted octanol–water partition coefficient (Wildman–Crippen LogP) is 1.16. The number of nitrogens with zero attached hydrogens (tertiary/aromatic N) is 1. The van der Waals surface area contributed by atoms with E-state index in [0.29, 0.717) is 17.9 Å². The lowest BCUT2D eigenvalue weighted by molar-refractivity contribution is -0.126. The van der Waals surface area contributed by atoms with E-state index in [1.165, 1.54) is 6.92 Å². The number of fused-ring (bicyclic) bond motifs is 1. The molecule has 4 N–H and O–H groups in total. The Labute approximate surface area is 121 Å². The normalized spacial score (nSPS) is 16.9. The predicted molar refractivity (Wildman–Crippen MR) is 75.5 cm³/mol. The fourth-order valence-electron chi connectivity index (χ4n) is 2.28. The monoisotopic (exact) mass is 291 g/mol. The summed E-state index contributed by atoms with van der Waals surface area (Å²) in [5.41, 5.74) is 7.39.